The zero-order chi connectivity index (χ0) is 26.2. The third-order valence-corrected chi connectivity index (χ3v) is 7.83. The highest BCUT2D eigenvalue weighted by Crippen LogP contribution is 2.37. The monoisotopic (exact) mass is 504 g/mol. The van der Waals surface area contributed by atoms with E-state index < -0.39 is 11.6 Å². The summed E-state index contributed by atoms with van der Waals surface area (Å²) in [6.45, 7) is 4.28. The third kappa shape index (κ3) is 6.94. The lowest BCUT2D eigenvalue weighted by atomic mass is 9.78. The fourth-order valence-corrected chi connectivity index (χ4v) is 5.53. The Labute approximate surface area is 220 Å². The van der Waals surface area contributed by atoms with Crippen molar-refractivity contribution in [3.63, 3.8) is 0 Å². The van der Waals surface area contributed by atoms with Gasteiger partial charge in [0, 0.05) is 11.1 Å². The lowest BCUT2D eigenvalue weighted by molar-refractivity contribution is 0.376. The number of benzene rings is 3. The number of halogens is 3. The largest absolute Gasteiger partial charge is 0.207 e. The predicted octanol–water partition coefficient (Wildman–Crippen LogP) is 10.4. The fourth-order valence-electron chi connectivity index (χ4n) is 5.53. The minimum atomic E-state index is -0.797. The molecule has 196 valence electrons. The Balaban J connectivity index is 1.35. The minimum absolute atomic E-state index is 0.0755. The third-order valence-electron chi connectivity index (χ3n) is 7.83. The zero-order valence-electron chi connectivity index (χ0n) is 22.2. The smallest absolute Gasteiger partial charge is 0.167 e. The van der Waals surface area contributed by atoms with Gasteiger partial charge in [-0.1, -0.05) is 93.8 Å². The van der Waals surface area contributed by atoms with Gasteiger partial charge in [-0.3, -0.25) is 0 Å². The second-order valence-electron chi connectivity index (χ2n) is 10.6. The van der Waals surface area contributed by atoms with E-state index in [-0.39, 0.29) is 11.4 Å². The number of unbranched alkanes of at least 4 members (excludes halogenated alkanes) is 2. The molecule has 3 aromatic rings. The van der Waals surface area contributed by atoms with Crippen molar-refractivity contribution in [3.05, 3.63) is 100 Å². The van der Waals surface area contributed by atoms with Crippen LogP contribution in [0.25, 0.3) is 17.2 Å². The minimum Gasteiger partial charge on any atom is -0.207 e. The van der Waals surface area contributed by atoms with Gasteiger partial charge in [-0.15, -0.1) is 0 Å². The molecular formula is C34H39F3. The molecule has 0 saturated heterocycles. The Morgan fingerprint density at radius 2 is 1.51 bits per heavy atom. The van der Waals surface area contributed by atoms with Crippen LogP contribution in [0, 0.1) is 23.4 Å². The highest BCUT2D eigenvalue weighted by molar-refractivity contribution is 5.67. The first-order chi connectivity index (χ1) is 18.0. The Hall–Kier alpha value is -2.81. The van der Waals surface area contributed by atoms with Crippen LogP contribution in [-0.2, 0) is 12.8 Å². The molecule has 0 N–H and O–H groups in total. The van der Waals surface area contributed by atoms with Crippen LogP contribution in [-0.4, -0.2) is 0 Å². The topological polar surface area (TPSA) is 0 Å². The molecule has 0 amide bonds. The van der Waals surface area contributed by atoms with E-state index in [2.05, 4.69) is 19.9 Å². The molecule has 0 aromatic heterocycles. The van der Waals surface area contributed by atoms with Crippen molar-refractivity contribution >= 4 is 6.08 Å². The van der Waals surface area contributed by atoms with Crippen molar-refractivity contribution in [3.8, 4) is 11.1 Å². The quantitative estimate of drug-likeness (QED) is 0.241. The average Bonchev–Trinajstić information content (AvgIpc) is 2.92. The Morgan fingerprint density at radius 1 is 0.757 bits per heavy atom. The maximum atomic E-state index is 14.9. The first-order valence-corrected chi connectivity index (χ1v) is 14.0. The van der Waals surface area contributed by atoms with Crippen LogP contribution in [0.4, 0.5) is 13.2 Å². The van der Waals surface area contributed by atoms with Crippen molar-refractivity contribution in [2.24, 2.45) is 5.92 Å². The molecule has 37 heavy (non-hydrogen) atoms. The fraction of sp³-hybridized carbons (Fsp3) is 0.412. The molecule has 1 aliphatic carbocycles. The summed E-state index contributed by atoms with van der Waals surface area (Å²) in [7, 11) is 0. The van der Waals surface area contributed by atoms with Gasteiger partial charge < -0.3 is 0 Å². The number of rotatable bonds is 10. The summed E-state index contributed by atoms with van der Waals surface area (Å²) >= 11 is 0. The lowest BCUT2D eigenvalue weighted by Gasteiger charge is -2.27. The Kier molecular flexibility index (Phi) is 9.66. The molecular weight excluding hydrogens is 465 g/mol. The lowest BCUT2D eigenvalue weighted by Crippen LogP contribution is -2.12. The SMILES string of the molecule is CCCCCc1ccc(C2CCC(C=Cc3ccc(-c4ccc(CCC)cc4)c(F)c3F)CC2)cc1F. The number of hydrogen-bond donors (Lipinski definition) is 0. The van der Waals surface area contributed by atoms with Gasteiger partial charge in [-0.25, -0.2) is 13.2 Å². The maximum Gasteiger partial charge on any atom is 0.167 e. The predicted molar refractivity (Wildman–Crippen MR) is 149 cm³/mol. The molecule has 1 aliphatic rings. The summed E-state index contributed by atoms with van der Waals surface area (Å²) in [4.78, 5) is 0. The van der Waals surface area contributed by atoms with E-state index in [9.17, 15) is 13.2 Å². The summed E-state index contributed by atoms with van der Waals surface area (Å²) in [6, 6.07) is 16.8. The van der Waals surface area contributed by atoms with Gasteiger partial charge >= 0.3 is 0 Å². The standard InChI is InChI=1S/C34H39F3/c1-3-5-6-8-28-19-20-30(23-32(28)35)26-14-9-25(10-15-26)13-18-29-21-22-31(34(37)33(29)36)27-16-11-24(7-4-2)12-17-27/h11-13,16-23,25-26H,3-10,14-15H2,1-2H3. The highest BCUT2D eigenvalue weighted by Gasteiger charge is 2.22. The van der Waals surface area contributed by atoms with Crippen molar-refractivity contribution in [1.29, 1.82) is 0 Å². The molecule has 0 unspecified atom stereocenters. The van der Waals surface area contributed by atoms with Crippen molar-refractivity contribution in [1.82, 2.24) is 0 Å². The molecule has 0 heterocycles. The molecule has 4 rings (SSSR count). The van der Waals surface area contributed by atoms with E-state index >= 15 is 0 Å². The molecule has 0 radical (unpaired) electrons. The highest BCUT2D eigenvalue weighted by atomic mass is 19.2. The van der Waals surface area contributed by atoms with Gasteiger partial charge in [0.05, 0.1) is 0 Å². The van der Waals surface area contributed by atoms with Gasteiger partial charge in [0.1, 0.15) is 5.82 Å². The van der Waals surface area contributed by atoms with Crippen molar-refractivity contribution in [2.45, 2.75) is 84.0 Å². The molecule has 1 fully saturated rings. The van der Waals surface area contributed by atoms with E-state index in [0.29, 0.717) is 23.0 Å². The van der Waals surface area contributed by atoms with Crippen LogP contribution in [0.15, 0.2) is 60.7 Å². The van der Waals surface area contributed by atoms with Gasteiger partial charge in [-0.2, -0.15) is 0 Å². The summed E-state index contributed by atoms with van der Waals surface area (Å²) in [5.74, 6) is -0.985. The van der Waals surface area contributed by atoms with Crippen LogP contribution < -0.4 is 0 Å². The summed E-state index contributed by atoms with van der Waals surface area (Å²) in [5.41, 5.74) is 4.38. The molecule has 1 saturated carbocycles. The van der Waals surface area contributed by atoms with Gasteiger partial charge in [0.25, 0.3) is 0 Å². The van der Waals surface area contributed by atoms with Crippen LogP contribution in [0.3, 0.4) is 0 Å². The Morgan fingerprint density at radius 3 is 2.19 bits per heavy atom. The number of allylic oxidation sites excluding steroid dienone is 1. The molecule has 0 spiro atoms. The van der Waals surface area contributed by atoms with Gasteiger partial charge in [0.2, 0.25) is 0 Å². The second kappa shape index (κ2) is 13.1. The van der Waals surface area contributed by atoms with Crippen molar-refractivity contribution < 1.29 is 13.2 Å². The molecule has 0 nitrogen and oxygen atoms in total. The maximum absolute atomic E-state index is 14.9. The summed E-state index contributed by atoms with van der Waals surface area (Å²) in [6.07, 6.45) is 13.8. The molecule has 3 aromatic carbocycles. The number of aryl methyl sites for hydroxylation is 2. The van der Waals surface area contributed by atoms with Crippen LogP contribution in [0.1, 0.15) is 93.4 Å². The Bertz CT molecular complexity index is 1180. The summed E-state index contributed by atoms with van der Waals surface area (Å²) in [5, 5.41) is 0. The first kappa shape index (κ1) is 27.2. The van der Waals surface area contributed by atoms with E-state index in [1.807, 2.05) is 36.4 Å². The van der Waals surface area contributed by atoms with E-state index in [1.54, 1.807) is 24.3 Å². The molecule has 0 atom stereocenters. The zero-order valence-corrected chi connectivity index (χ0v) is 22.2. The number of hydrogen-bond acceptors (Lipinski definition) is 0. The van der Waals surface area contributed by atoms with E-state index in [4.69, 9.17) is 0 Å². The van der Waals surface area contributed by atoms with E-state index in [0.717, 1.165) is 75.3 Å². The normalized spacial score (nSPS) is 18.0. The first-order valence-electron chi connectivity index (χ1n) is 14.0. The molecule has 3 heteroatoms. The van der Waals surface area contributed by atoms with Crippen LogP contribution in [0.5, 0.6) is 0 Å². The van der Waals surface area contributed by atoms with Crippen molar-refractivity contribution in [2.75, 3.05) is 0 Å². The second-order valence-corrected chi connectivity index (χ2v) is 10.6. The van der Waals surface area contributed by atoms with Gasteiger partial charge in [0.15, 0.2) is 11.6 Å². The average molecular weight is 505 g/mol. The van der Waals surface area contributed by atoms with E-state index in [1.165, 1.54) is 5.56 Å². The van der Waals surface area contributed by atoms with Crippen LogP contribution >= 0.6 is 0 Å². The molecule has 0 bridgehead atoms. The van der Waals surface area contributed by atoms with Crippen LogP contribution in [0.2, 0.25) is 0 Å². The molecule has 0 aliphatic heterocycles. The van der Waals surface area contributed by atoms with Gasteiger partial charge in [-0.05, 0) is 85.1 Å². The summed E-state index contributed by atoms with van der Waals surface area (Å²) < 4.78 is 44.4.